The Hall–Kier alpha value is 0.0969. The fourth-order valence-electron chi connectivity index (χ4n) is 0.0962. The fourth-order valence-corrected chi connectivity index (χ4v) is 0.289. The molecule has 7 heavy (non-hydrogen) atoms. The highest BCUT2D eigenvalue weighted by molar-refractivity contribution is 6.42. The average Bonchev–Trinajstić information content (AvgIpc) is 1.65. The second kappa shape index (κ2) is 6.10. The quantitative estimate of drug-likeness (QED) is 0.457. The summed E-state index contributed by atoms with van der Waals surface area (Å²) in [6.07, 6.45) is 0. The molecule has 0 bridgehead atoms. The van der Waals surface area contributed by atoms with Gasteiger partial charge in [0.1, 0.15) is 0 Å². The maximum absolute atomic E-state index is 4.82. The number of hydrogen-bond acceptors (Lipinski definition) is 2. The SMILES string of the molecule is CO[SiH](C)OC.O. The van der Waals surface area contributed by atoms with Gasteiger partial charge in [0.05, 0.1) is 0 Å². The van der Waals surface area contributed by atoms with Gasteiger partial charge in [-0.05, 0) is 6.55 Å². The van der Waals surface area contributed by atoms with Crippen LogP contribution in [0.5, 0.6) is 0 Å². The zero-order valence-electron chi connectivity index (χ0n) is 4.89. The predicted octanol–water partition coefficient (Wildman–Crippen LogP) is -0.695. The zero-order chi connectivity index (χ0) is 4.99. The van der Waals surface area contributed by atoms with Crippen LogP contribution in [0.3, 0.4) is 0 Å². The van der Waals surface area contributed by atoms with Crippen molar-refractivity contribution < 1.29 is 14.3 Å². The van der Waals surface area contributed by atoms with E-state index in [0.717, 1.165) is 0 Å². The van der Waals surface area contributed by atoms with Gasteiger partial charge in [-0.15, -0.1) is 0 Å². The molecule has 4 heteroatoms. The molecule has 0 fully saturated rings. The molecular weight excluding hydrogens is 112 g/mol. The smallest absolute Gasteiger partial charge is 0.317 e. The lowest BCUT2D eigenvalue weighted by Crippen LogP contribution is -2.12. The molecule has 0 aliphatic rings. The van der Waals surface area contributed by atoms with Crippen molar-refractivity contribution in [1.82, 2.24) is 0 Å². The molecule has 0 aliphatic heterocycles. The van der Waals surface area contributed by atoms with Crippen LogP contribution < -0.4 is 0 Å². The Morgan fingerprint density at radius 2 is 1.43 bits per heavy atom. The van der Waals surface area contributed by atoms with Gasteiger partial charge in [-0.3, -0.25) is 0 Å². The standard InChI is InChI=1S/C3H10O2Si.H2O/c1-4-6(3)5-2;/h6H,1-3H3;1H2. The van der Waals surface area contributed by atoms with Crippen molar-refractivity contribution in [3.8, 4) is 0 Å². The first-order valence-electron chi connectivity index (χ1n) is 1.87. The molecule has 0 saturated heterocycles. The minimum Gasteiger partial charge on any atom is -0.412 e. The summed E-state index contributed by atoms with van der Waals surface area (Å²) in [5.41, 5.74) is 0. The van der Waals surface area contributed by atoms with Crippen LogP contribution in [0.25, 0.3) is 0 Å². The van der Waals surface area contributed by atoms with Gasteiger partial charge in [-0.25, -0.2) is 0 Å². The van der Waals surface area contributed by atoms with Crippen molar-refractivity contribution in [2.75, 3.05) is 14.2 Å². The van der Waals surface area contributed by atoms with Crippen LogP contribution in [0.15, 0.2) is 0 Å². The van der Waals surface area contributed by atoms with Crippen LogP contribution in [0.2, 0.25) is 6.55 Å². The third-order valence-corrected chi connectivity index (χ3v) is 1.99. The Balaban J connectivity index is 0. The lowest BCUT2D eigenvalue weighted by Gasteiger charge is -2.00. The van der Waals surface area contributed by atoms with Gasteiger partial charge in [0.2, 0.25) is 0 Å². The van der Waals surface area contributed by atoms with Gasteiger partial charge in [0.15, 0.2) is 0 Å². The van der Waals surface area contributed by atoms with E-state index in [9.17, 15) is 0 Å². The van der Waals surface area contributed by atoms with E-state index < -0.39 is 9.28 Å². The molecule has 0 aromatic carbocycles. The largest absolute Gasteiger partial charge is 0.412 e. The molecule has 0 aliphatic carbocycles. The predicted molar refractivity (Wildman–Crippen MR) is 30.6 cm³/mol. The highest BCUT2D eigenvalue weighted by Crippen LogP contribution is 1.77. The lowest BCUT2D eigenvalue weighted by molar-refractivity contribution is 0.285. The fraction of sp³-hybridized carbons (Fsp3) is 1.00. The molecule has 0 heterocycles. The monoisotopic (exact) mass is 124 g/mol. The highest BCUT2D eigenvalue weighted by atomic mass is 28.3. The zero-order valence-corrected chi connectivity index (χ0v) is 6.05. The van der Waals surface area contributed by atoms with E-state index in [-0.39, 0.29) is 5.48 Å². The van der Waals surface area contributed by atoms with E-state index in [1.165, 1.54) is 0 Å². The summed E-state index contributed by atoms with van der Waals surface area (Å²) in [6.45, 7) is 1.97. The summed E-state index contributed by atoms with van der Waals surface area (Å²) in [4.78, 5) is 0. The van der Waals surface area contributed by atoms with Crippen molar-refractivity contribution in [2.24, 2.45) is 0 Å². The third kappa shape index (κ3) is 6.10. The van der Waals surface area contributed by atoms with Crippen molar-refractivity contribution in [3.05, 3.63) is 0 Å². The molecule has 0 rings (SSSR count). The molecule has 0 atom stereocenters. The third-order valence-electron chi connectivity index (χ3n) is 0.664. The van der Waals surface area contributed by atoms with Gasteiger partial charge in [-0.2, -0.15) is 0 Å². The first-order valence-corrected chi connectivity index (χ1v) is 3.96. The summed E-state index contributed by atoms with van der Waals surface area (Å²) in [5, 5.41) is 0. The maximum Gasteiger partial charge on any atom is 0.317 e. The van der Waals surface area contributed by atoms with Gasteiger partial charge in [0, 0.05) is 14.2 Å². The van der Waals surface area contributed by atoms with Crippen molar-refractivity contribution in [2.45, 2.75) is 6.55 Å². The molecule has 3 nitrogen and oxygen atoms in total. The molecule has 0 amide bonds. The molecule has 0 aromatic rings. The van der Waals surface area contributed by atoms with E-state index in [1.54, 1.807) is 14.2 Å². The Morgan fingerprint density at radius 1 is 1.14 bits per heavy atom. The maximum atomic E-state index is 4.82. The van der Waals surface area contributed by atoms with Gasteiger partial charge < -0.3 is 14.3 Å². The molecule has 0 aromatic heterocycles. The van der Waals surface area contributed by atoms with Gasteiger partial charge >= 0.3 is 9.28 Å². The van der Waals surface area contributed by atoms with Crippen LogP contribution >= 0.6 is 0 Å². The summed E-state index contributed by atoms with van der Waals surface area (Å²) < 4.78 is 9.63. The minimum atomic E-state index is -1.16. The molecule has 2 N–H and O–H groups in total. The topological polar surface area (TPSA) is 50.0 Å². The van der Waals surface area contributed by atoms with Gasteiger partial charge in [-0.1, -0.05) is 0 Å². The van der Waals surface area contributed by atoms with Crippen molar-refractivity contribution >= 4 is 9.28 Å². The Kier molecular flexibility index (Phi) is 8.84. The van der Waals surface area contributed by atoms with Crippen LogP contribution in [0, 0.1) is 0 Å². The molecule has 0 radical (unpaired) electrons. The molecular formula is C3H12O3Si. The average molecular weight is 124 g/mol. The summed E-state index contributed by atoms with van der Waals surface area (Å²) >= 11 is 0. The molecule has 0 unspecified atom stereocenters. The molecule has 46 valence electrons. The lowest BCUT2D eigenvalue weighted by atomic mass is 11.8. The van der Waals surface area contributed by atoms with E-state index in [2.05, 4.69) is 0 Å². The number of rotatable bonds is 2. The minimum absolute atomic E-state index is 0. The first-order chi connectivity index (χ1) is 2.81. The van der Waals surface area contributed by atoms with Crippen LogP contribution in [-0.2, 0) is 8.85 Å². The Morgan fingerprint density at radius 3 is 1.43 bits per heavy atom. The van der Waals surface area contributed by atoms with Crippen LogP contribution in [-0.4, -0.2) is 29.0 Å². The first kappa shape index (κ1) is 10.2. The van der Waals surface area contributed by atoms with E-state index in [1.807, 2.05) is 6.55 Å². The van der Waals surface area contributed by atoms with E-state index in [4.69, 9.17) is 8.85 Å². The molecule has 0 spiro atoms. The van der Waals surface area contributed by atoms with E-state index in [0.29, 0.717) is 0 Å². The van der Waals surface area contributed by atoms with Crippen molar-refractivity contribution in [1.29, 1.82) is 0 Å². The van der Waals surface area contributed by atoms with Crippen LogP contribution in [0.4, 0.5) is 0 Å². The van der Waals surface area contributed by atoms with Crippen LogP contribution in [0.1, 0.15) is 0 Å². The normalized spacial score (nSPS) is 8.57. The highest BCUT2D eigenvalue weighted by Gasteiger charge is 1.94. The Bertz CT molecular complexity index is 29.4. The van der Waals surface area contributed by atoms with E-state index >= 15 is 0 Å². The second-order valence-corrected chi connectivity index (χ2v) is 3.12. The number of hydrogen-bond donors (Lipinski definition) is 0. The summed E-state index contributed by atoms with van der Waals surface area (Å²) in [6, 6.07) is 0. The van der Waals surface area contributed by atoms with Gasteiger partial charge in [0.25, 0.3) is 0 Å². The summed E-state index contributed by atoms with van der Waals surface area (Å²) in [7, 11) is 2.17. The Labute approximate surface area is 45.4 Å². The second-order valence-electron chi connectivity index (χ2n) is 1.04. The van der Waals surface area contributed by atoms with Crippen molar-refractivity contribution in [3.63, 3.8) is 0 Å². The molecule has 0 saturated carbocycles. The summed E-state index contributed by atoms with van der Waals surface area (Å²) in [5.74, 6) is 0.